The Balaban J connectivity index is 2.64. The normalized spacial score (nSPS) is 10.8. The molecule has 0 spiro atoms. The van der Waals surface area contributed by atoms with Crippen molar-refractivity contribution in [1.82, 2.24) is 14.5 Å². The van der Waals surface area contributed by atoms with Crippen LogP contribution in [0.5, 0.6) is 0 Å². The number of imidazole rings is 1. The molecule has 0 aliphatic rings. The second kappa shape index (κ2) is 3.01. The average Bonchev–Trinajstić information content (AvgIpc) is 2.44. The van der Waals surface area contributed by atoms with Crippen LogP contribution in [0.15, 0.2) is 18.5 Å². The van der Waals surface area contributed by atoms with Crippen molar-refractivity contribution in [3.63, 3.8) is 0 Å². The van der Waals surface area contributed by atoms with Gasteiger partial charge in [0.1, 0.15) is 6.67 Å². The highest BCUT2D eigenvalue weighted by molar-refractivity contribution is 5.76. The third kappa shape index (κ3) is 1.22. The summed E-state index contributed by atoms with van der Waals surface area (Å²) in [6.07, 6.45) is 3.27. The summed E-state index contributed by atoms with van der Waals surface area (Å²) in [5, 5.41) is 0. The summed E-state index contributed by atoms with van der Waals surface area (Å²) in [5.41, 5.74) is 7.12. The highest BCUT2D eigenvalue weighted by atomic mass is 19.1. The number of hydrogen-bond donors (Lipinski definition) is 1. The minimum absolute atomic E-state index is 0.230. The lowest BCUT2D eigenvalue weighted by molar-refractivity contribution is 0.452. The van der Waals surface area contributed by atoms with E-state index in [4.69, 9.17) is 5.73 Å². The Morgan fingerprint density at radius 1 is 1.54 bits per heavy atom. The zero-order valence-electron chi connectivity index (χ0n) is 6.94. The summed E-state index contributed by atoms with van der Waals surface area (Å²) in [6, 6.07) is 1.75. The largest absolute Gasteiger partial charge is 0.369 e. The fourth-order valence-electron chi connectivity index (χ4n) is 1.31. The van der Waals surface area contributed by atoms with Crippen LogP contribution < -0.4 is 5.73 Å². The number of pyridine rings is 1. The number of hydrogen-bond acceptors (Lipinski definition) is 3. The molecule has 5 heteroatoms. The van der Waals surface area contributed by atoms with Gasteiger partial charge < -0.3 is 10.3 Å². The zero-order valence-corrected chi connectivity index (χ0v) is 6.94. The van der Waals surface area contributed by atoms with Crippen molar-refractivity contribution in [1.29, 1.82) is 0 Å². The molecule has 0 saturated carbocycles. The summed E-state index contributed by atoms with van der Waals surface area (Å²) in [4.78, 5) is 8.00. The van der Waals surface area contributed by atoms with Gasteiger partial charge in [-0.25, -0.2) is 9.37 Å². The molecule has 2 aromatic heterocycles. The number of aryl methyl sites for hydroxylation is 1. The van der Waals surface area contributed by atoms with Crippen LogP contribution in [0.2, 0.25) is 0 Å². The Bertz CT molecular complexity index is 423. The molecule has 0 aromatic carbocycles. The van der Waals surface area contributed by atoms with Crippen molar-refractivity contribution in [2.24, 2.45) is 0 Å². The molecule has 0 aliphatic carbocycles. The first-order valence-electron chi connectivity index (χ1n) is 3.94. The van der Waals surface area contributed by atoms with E-state index in [-0.39, 0.29) is 6.54 Å². The van der Waals surface area contributed by atoms with E-state index in [1.54, 1.807) is 23.0 Å². The van der Waals surface area contributed by atoms with Gasteiger partial charge >= 0.3 is 0 Å². The van der Waals surface area contributed by atoms with Gasteiger partial charge in [-0.05, 0) is 6.07 Å². The number of nitrogen functional groups attached to an aromatic ring is 1. The molecule has 13 heavy (non-hydrogen) atoms. The number of halogens is 1. The first kappa shape index (κ1) is 7.97. The Hall–Kier alpha value is -1.65. The number of nitrogens with zero attached hydrogens (tertiary/aromatic N) is 3. The summed E-state index contributed by atoms with van der Waals surface area (Å²) in [6.45, 7) is -0.224. The van der Waals surface area contributed by atoms with Crippen LogP contribution in [0.1, 0.15) is 0 Å². The molecule has 68 valence electrons. The van der Waals surface area contributed by atoms with E-state index in [2.05, 4.69) is 9.97 Å². The van der Waals surface area contributed by atoms with Crippen molar-refractivity contribution in [2.45, 2.75) is 6.54 Å². The van der Waals surface area contributed by atoms with E-state index in [1.165, 1.54) is 0 Å². The van der Waals surface area contributed by atoms with E-state index in [1.807, 2.05) is 0 Å². The second-order valence-corrected chi connectivity index (χ2v) is 2.68. The van der Waals surface area contributed by atoms with Gasteiger partial charge in [-0.15, -0.1) is 0 Å². The Kier molecular flexibility index (Phi) is 1.84. The fraction of sp³-hybridized carbons (Fsp3) is 0.250. The van der Waals surface area contributed by atoms with Crippen LogP contribution in [0.3, 0.4) is 0 Å². The number of nitrogens with two attached hydrogens (primary N) is 1. The van der Waals surface area contributed by atoms with Gasteiger partial charge in [-0.2, -0.15) is 0 Å². The average molecular weight is 180 g/mol. The van der Waals surface area contributed by atoms with Gasteiger partial charge in [0.05, 0.1) is 23.8 Å². The van der Waals surface area contributed by atoms with Crippen LogP contribution in [0.4, 0.5) is 10.3 Å². The lowest BCUT2D eigenvalue weighted by atomic mass is 10.4. The minimum atomic E-state index is -0.454. The number of rotatable bonds is 2. The fourth-order valence-corrected chi connectivity index (χ4v) is 1.31. The van der Waals surface area contributed by atoms with E-state index < -0.39 is 6.67 Å². The Labute approximate surface area is 74.2 Å². The molecular formula is C8H9FN4. The molecule has 0 fully saturated rings. The SMILES string of the molecule is Nc1nc2ccncc2n1CCF. The van der Waals surface area contributed by atoms with Gasteiger partial charge in [0.15, 0.2) is 0 Å². The molecule has 2 rings (SSSR count). The summed E-state index contributed by atoms with van der Waals surface area (Å²) >= 11 is 0. The summed E-state index contributed by atoms with van der Waals surface area (Å²) in [5.74, 6) is 0.334. The zero-order chi connectivity index (χ0) is 9.26. The molecule has 4 nitrogen and oxygen atoms in total. The minimum Gasteiger partial charge on any atom is -0.369 e. The molecular weight excluding hydrogens is 171 g/mol. The number of anilines is 1. The lowest BCUT2D eigenvalue weighted by Crippen LogP contribution is -2.04. The van der Waals surface area contributed by atoms with E-state index in [0.29, 0.717) is 5.95 Å². The number of aromatic nitrogens is 3. The molecule has 0 amide bonds. The van der Waals surface area contributed by atoms with Crippen molar-refractivity contribution in [3.8, 4) is 0 Å². The van der Waals surface area contributed by atoms with Crippen molar-refractivity contribution >= 4 is 17.0 Å². The predicted molar refractivity (Wildman–Crippen MR) is 47.9 cm³/mol. The molecule has 0 saturated heterocycles. The van der Waals surface area contributed by atoms with Crippen LogP contribution in [-0.4, -0.2) is 21.2 Å². The topological polar surface area (TPSA) is 56.7 Å². The molecule has 0 aliphatic heterocycles. The van der Waals surface area contributed by atoms with Crippen LogP contribution in [-0.2, 0) is 6.54 Å². The Morgan fingerprint density at radius 3 is 3.15 bits per heavy atom. The Morgan fingerprint density at radius 2 is 2.38 bits per heavy atom. The molecule has 2 heterocycles. The monoisotopic (exact) mass is 180 g/mol. The molecule has 0 atom stereocenters. The summed E-state index contributed by atoms with van der Waals surface area (Å²) < 4.78 is 13.8. The van der Waals surface area contributed by atoms with Gasteiger partial charge in [0, 0.05) is 6.20 Å². The maximum atomic E-state index is 12.1. The third-order valence-electron chi connectivity index (χ3n) is 1.89. The van der Waals surface area contributed by atoms with E-state index >= 15 is 0 Å². The molecule has 0 unspecified atom stereocenters. The van der Waals surface area contributed by atoms with Crippen LogP contribution in [0, 0.1) is 0 Å². The summed E-state index contributed by atoms with van der Waals surface area (Å²) in [7, 11) is 0. The van der Waals surface area contributed by atoms with Crippen LogP contribution in [0.25, 0.3) is 11.0 Å². The first-order chi connectivity index (χ1) is 6.33. The van der Waals surface area contributed by atoms with Crippen molar-refractivity contribution in [3.05, 3.63) is 18.5 Å². The lowest BCUT2D eigenvalue weighted by Gasteiger charge is -2.00. The quantitative estimate of drug-likeness (QED) is 0.749. The third-order valence-corrected chi connectivity index (χ3v) is 1.89. The first-order valence-corrected chi connectivity index (χ1v) is 3.94. The second-order valence-electron chi connectivity index (χ2n) is 2.68. The standard InChI is InChI=1S/C8H9FN4/c9-2-4-13-7-5-11-3-1-6(7)12-8(13)10/h1,3,5H,2,4H2,(H2,10,12). The number of alkyl halides is 1. The van der Waals surface area contributed by atoms with Gasteiger partial charge in [0.2, 0.25) is 5.95 Å². The molecule has 0 radical (unpaired) electrons. The van der Waals surface area contributed by atoms with E-state index in [0.717, 1.165) is 11.0 Å². The van der Waals surface area contributed by atoms with Gasteiger partial charge in [-0.3, -0.25) is 4.98 Å². The highest BCUT2D eigenvalue weighted by Gasteiger charge is 2.06. The van der Waals surface area contributed by atoms with Crippen molar-refractivity contribution in [2.75, 3.05) is 12.4 Å². The molecule has 2 aromatic rings. The van der Waals surface area contributed by atoms with Gasteiger partial charge in [0.25, 0.3) is 0 Å². The van der Waals surface area contributed by atoms with E-state index in [9.17, 15) is 4.39 Å². The van der Waals surface area contributed by atoms with Crippen molar-refractivity contribution < 1.29 is 4.39 Å². The maximum absolute atomic E-state index is 12.1. The smallest absolute Gasteiger partial charge is 0.201 e. The highest BCUT2D eigenvalue weighted by Crippen LogP contribution is 2.15. The molecule has 0 bridgehead atoms. The van der Waals surface area contributed by atoms with Crippen LogP contribution >= 0.6 is 0 Å². The molecule has 2 N–H and O–H groups in total. The maximum Gasteiger partial charge on any atom is 0.201 e. The predicted octanol–water partition coefficient (Wildman–Crippen LogP) is 0.983. The van der Waals surface area contributed by atoms with Gasteiger partial charge in [-0.1, -0.05) is 0 Å². The number of fused-ring (bicyclic) bond motifs is 1.